The molecule has 19 heavy (non-hydrogen) atoms. The zero-order chi connectivity index (χ0) is 14.6. The molecule has 1 rings (SSSR count). The summed E-state index contributed by atoms with van der Waals surface area (Å²) in [6, 6.07) is 4.23. The van der Waals surface area contributed by atoms with Crippen LogP contribution in [-0.4, -0.2) is 28.6 Å². The van der Waals surface area contributed by atoms with E-state index in [9.17, 15) is 20.0 Å². The van der Waals surface area contributed by atoms with E-state index in [0.717, 1.165) is 0 Å². The predicted molar refractivity (Wildman–Crippen MR) is 74.0 cm³/mol. The first-order valence-electron chi connectivity index (χ1n) is 5.73. The summed E-state index contributed by atoms with van der Waals surface area (Å²) in [6.07, 6.45) is -0.651. The molecule has 0 saturated heterocycles. The van der Waals surface area contributed by atoms with Crippen molar-refractivity contribution in [1.82, 2.24) is 5.32 Å². The molecule has 0 aliphatic heterocycles. The Kier molecular flexibility index (Phi) is 5.44. The van der Waals surface area contributed by atoms with Crippen molar-refractivity contribution in [1.29, 1.82) is 0 Å². The molecule has 1 unspecified atom stereocenters. The fraction of sp³-hybridized carbons (Fsp3) is 0.417. The highest BCUT2D eigenvalue weighted by Gasteiger charge is 2.20. The van der Waals surface area contributed by atoms with Gasteiger partial charge >= 0.3 is 0 Å². The third-order valence-corrected chi connectivity index (χ3v) is 3.49. The van der Waals surface area contributed by atoms with Gasteiger partial charge in [0.05, 0.1) is 16.6 Å². The van der Waals surface area contributed by atoms with Crippen molar-refractivity contribution in [3.05, 3.63) is 38.3 Å². The first-order valence-corrected chi connectivity index (χ1v) is 6.53. The molecule has 1 amide bonds. The molecule has 1 aromatic carbocycles. The number of benzene rings is 1. The Labute approximate surface area is 119 Å². The van der Waals surface area contributed by atoms with Gasteiger partial charge in [-0.3, -0.25) is 14.9 Å². The van der Waals surface area contributed by atoms with Crippen LogP contribution in [0.1, 0.15) is 24.2 Å². The normalized spacial score (nSPS) is 12.3. The molecule has 7 heteroatoms. The zero-order valence-electron chi connectivity index (χ0n) is 10.6. The molecule has 1 aromatic rings. The highest BCUT2D eigenvalue weighted by atomic mass is 79.9. The van der Waals surface area contributed by atoms with Crippen LogP contribution in [0.2, 0.25) is 0 Å². The number of nitrogens with one attached hydrogen (secondary N) is 1. The van der Waals surface area contributed by atoms with E-state index in [1.165, 1.54) is 18.2 Å². The summed E-state index contributed by atoms with van der Waals surface area (Å²) in [5, 5.41) is 22.9. The van der Waals surface area contributed by atoms with Gasteiger partial charge in [-0.05, 0) is 27.9 Å². The maximum Gasteiger partial charge on any atom is 0.284 e. The summed E-state index contributed by atoms with van der Waals surface area (Å²) in [5.41, 5.74) is 0.00205. The lowest BCUT2D eigenvalue weighted by Gasteiger charge is -2.15. The maximum absolute atomic E-state index is 11.9. The van der Waals surface area contributed by atoms with Gasteiger partial charge in [0.25, 0.3) is 11.6 Å². The Morgan fingerprint density at radius 2 is 2.16 bits per heavy atom. The number of halogens is 1. The lowest BCUT2D eigenvalue weighted by Crippen LogP contribution is -2.34. The average molecular weight is 331 g/mol. The number of aliphatic hydroxyl groups excluding tert-OH is 1. The largest absolute Gasteiger partial charge is 0.391 e. The Balaban J connectivity index is 2.83. The third kappa shape index (κ3) is 4.00. The van der Waals surface area contributed by atoms with Crippen LogP contribution in [0.15, 0.2) is 22.7 Å². The molecule has 0 aliphatic carbocycles. The standard InChI is InChI=1S/C12H15BrN2O4/c1-7(2)10(16)6-14-12(17)8-4-3-5-9(11(8)13)15(18)19/h3-5,7,10,16H,6H2,1-2H3,(H,14,17). The minimum atomic E-state index is -0.651. The van der Waals surface area contributed by atoms with Crippen molar-refractivity contribution in [3.63, 3.8) is 0 Å². The maximum atomic E-state index is 11.9. The Bertz CT molecular complexity index is 491. The van der Waals surface area contributed by atoms with Gasteiger partial charge in [0, 0.05) is 12.6 Å². The first kappa shape index (κ1) is 15.6. The van der Waals surface area contributed by atoms with Crippen LogP contribution in [0, 0.1) is 16.0 Å². The van der Waals surface area contributed by atoms with E-state index in [0.29, 0.717) is 0 Å². The number of rotatable bonds is 5. The number of hydrogen-bond acceptors (Lipinski definition) is 4. The molecule has 0 fully saturated rings. The topological polar surface area (TPSA) is 92.5 Å². The summed E-state index contributed by atoms with van der Waals surface area (Å²) < 4.78 is 0.136. The van der Waals surface area contributed by atoms with Crippen LogP contribution in [0.5, 0.6) is 0 Å². The highest BCUT2D eigenvalue weighted by molar-refractivity contribution is 9.10. The number of amides is 1. The van der Waals surface area contributed by atoms with Gasteiger partial charge in [-0.2, -0.15) is 0 Å². The van der Waals surface area contributed by atoms with Gasteiger partial charge in [0.2, 0.25) is 0 Å². The van der Waals surface area contributed by atoms with E-state index >= 15 is 0 Å². The SMILES string of the molecule is CC(C)C(O)CNC(=O)c1cccc([N+](=O)[O-])c1Br. The van der Waals surface area contributed by atoms with Crippen LogP contribution in [-0.2, 0) is 0 Å². The van der Waals surface area contributed by atoms with E-state index in [2.05, 4.69) is 21.2 Å². The number of carbonyl (C=O) groups excluding carboxylic acids is 1. The highest BCUT2D eigenvalue weighted by Crippen LogP contribution is 2.28. The number of nitro groups is 1. The number of nitro benzene ring substituents is 1. The van der Waals surface area contributed by atoms with E-state index in [1.807, 2.05) is 13.8 Å². The van der Waals surface area contributed by atoms with Gasteiger partial charge in [-0.1, -0.05) is 19.9 Å². The van der Waals surface area contributed by atoms with E-state index in [4.69, 9.17) is 0 Å². The summed E-state index contributed by atoms with van der Waals surface area (Å²) in [4.78, 5) is 22.1. The van der Waals surface area contributed by atoms with Crippen molar-refractivity contribution in [2.75, 3.05) is 6.54 Å². The van der Waals surface area contributed by atoms with Gasteiger partial charge in [-0.15, -0.1) is 0 Å². The van der Waals surface area contributed by atoms with Crippen LogP contribution in [0.3, 0.4) is 0 Å². The Hall–Kier alpha value is -1.47. The van der Waals surface area contributed by atoms with Crippen LogP contribution < -0.4 is 5.32 Å². The van der Waals surface area contributed by atoms with Gasteiger partial charge in [-0.25, -0.2) is 0 Å². The molecule has 0 spiro atoms. The molecule has 2 N–H and O–H groups in total. The molecular weight excluding hydrogens is 316 g/mol. The average Bonchev–Trinajstić information content (AvgIpc) is 2.35. The van der Waals surface area contributed by atoms with E-state index in [1.54, 1.807) is 0 Å². The smallest absolute Gasteiger partial charge is 0.284 e. The molecular formula is C12H15BrN2O4. The van der Waals surface area contributed by atoms with Crippen molar-refractivity contribution in [3.8, 4) is 0 Å². The Morgan fingerprint density at radius 3 is 2.68 bits per heavy atom. The molecule has 0 radical (unpaired) electrons. The number of nitrogens with zero attached hydrogens (tertiary/aromatic N) is 1. The van der Waals surface area contributed by atoms with E-state index < -0.39 is 16.9 Å². The van der Waals surface area contributed by atoms with Crippen molar-refractivity contribution >= 4 is 27.5 Å². The molecule has 0 aliphatic rings. The quantitative estimate of drug-likeness (QED) is 0.638. The Morgan fingerprint density at radius 1 is 1.53 bits per heavy atom. The van der Waals surface area contributed by atoms with Crippen LogP contribution in [0.25, 0.3) is 0 Å². The first-order chi connectivity index (χ1) is 8.84. The minimum absolute atomic E-state index is 0.0221. The van der Waals surface area contributed by atoms with E-state index in [-0.39, 0.29) is 28.2 Å². The molecule has 6 nitrogen and oxygen atoms in total. The van der Waals surface area contributed by atoms with Crippen molar-refractivity contribution in [2.45, 2.75) is 20.0 Å². The minimum Gasteiger partial charge on any atom is -0.391 e. The van der Waals surface area contributed by atoms with Gasteiger partial charge in [0.1, 0.15) is 4.47 Å². The number of carbonyl (C=O) groups is 1. The summed E-state index contributed by atoms with van der Waals surface area (Å²) in [7, 11) is 0. The van der Waals surface area contributed by atoms with Crippen LogP contribution >= 0.6 is 15.9 Å². The second-order valence-electron chi connectivity index (χ2n) is 4.42. The zero-order valence-corrected chi connectivity index (χ0v) is 12.2. The molecule has 1 atom stereocenters. The molecule has 0 saturated carbocycles. The monoisotopic (exact) mass is 330 g/mol. The summed E-state index contributed by atoms with van der Waals surface area (Å²) in [6.45, 7) is 3.77. The fourth-order valence-electron chi connectivity index (χ4n) is 1.36. The van der Waals surface area contributed by atoms with Crippen molar-refractivity contribution < 1.29 is 14.8 Å². The number of hydrogen-bond donors (Lipinski definition) is 2. The van der Waals surface area contributed by atoms with Gasteiger partial charge in [0.15, 0.2) is 0 Å². The lowest BCUT2D eigenvalue weighted by atomic mass is 10.1. The lowest BCUT2D eigenvalue weighted by molar-refractivity contribution is -0.385. The summed E-state index contributed by atoms with van der Waals surface area (Å²) >= 11 is 3.05. The molecule has 0 heterocycles. The molecule has 0 bridgehead atoms. The summed E-state index contributed by atoms with van der Waals surface area (Å²) in [5.74, 6) is -0.441. The molecule has 0 aromatic heterocycles. The van der Waals surface area contributed by atoms with Crippen molar-refractivity contribution in [2.24, 2.45) is 5.92 Å². The third-order valence-electron chi connectivity index (χ3n) is 2.66. The fourth-order valence-corrected chi connectivity index (χ4v) is 1.95. The van der Waals surface area contributed by atoms with Gasteiger partial charge < -0.3 is 10.4 Å². The number of aliphatic hydroxyl groups is 1. The molecule has 104 valence electrons. The van der Waals surface area contributed by atoms with Crippen LogP contribution in [0.4, 0.5) is 5.69 Å². The second-order valence-corrected chi connectivity index (χ2v) is 5.21. The predicted octanol–water partition coefficient (Wildman–Crippen LogP) is 2.10. The second kappa shape index (κ2) is 6.63.